The number of aryl methyl sites for hydroxylation is 2. The first kappa shape index (κ1) is 19.8. The highest BCUT2D eigenvalue weighted by molar-refractivity contribution is 7.99. The van der Waals surface area contributed by atoms with Crippen LogP contribution in [0, 0.1) is 25.5 Å². The van der Waals surface area contributed by atoms with E-state index in [1.807, 2.05) is 19.9 Å². The maximum absolute atomic E-state index is 13.1. The van der Waals surface area contributed by atoms with Crippen LogP contribution in [0.4, 0.5) is 14.5 Å². The number of esters is 1. The Labute approximate surface area is 153 Å². The molecule has 1 atom stereocenters. The summed E-state index contributed by atoms with van der Waals surface area (Å²) < 4.78 is 31.0. The van der Waals surface area contributed by atoms with Crippen LogP contribution in [-0.2, 0) is 14.3 Å². The summed E-state index contributed by atoms with van der Waals surface area (Å²) in [6.07, 6.45) is -1.10. The molecule has 0 aliphatic carbocycles. The van der Waals surface area contributed by atoms with E-state index in [0.29, 0.717) is 5.16 Å². The minimum atomic E-state index is -1.10. The molecule has 0 saturated carbocycles. The van der Waals surface area contributed by atoms with Crippen LogP contribution in [-0.4, -0.2) is 33.7 Å². The van der Waals surface area contributed by atoms with Gasteiger partial charge in [0.25, 0.3) is 5.91 Å². The molecule has 0 radical (unpaired) electrons. The third-order valence-corrected chi connectivity index (χ3v) is 3.97. The summed E-state index contributed by atoms with van der Waals surface area (Å²) in [5.74, 6) is -3.45. The average molecular weight is 381 g/mol. The maximum Gasteiger partial charge on any atom is 0.317 e. The van der Waals surface area contributed by atoms with Crippen molar-refractivity contribution in [1.29, 1.82) is 0 Å². The lowest BCUT2D eigenvalue weighted by molar-refractivity contribution is -0.150. The Morgan fingerprint density at radius 3 is 2.42 bits per heavy atom. The van der Waals surface area contributed by atoms with Crippen LogP contribution < -0.4 is 5.32 Å². The SMILES string of the molecule is Cc1cc(C)nc(SCC(=O)O[C@@H](C)C(=O)Nc2ccc(F)c(F)c2)n1. The molecular formula is C17H17F2N3O3S. The van der Waals surface area contributed by atoms with E-state index >= 15 is 0 Å². The second-order valence-electron chi connectivity index (χ2n) is 5.47. The van der Waals surface area contributed by atoms with Crippen molar-refractivity contribution in [3.05, 3.63) is 47.3 Å². The van der Waals surface area contributed by atoms with E-state index in [1.165, 1.54) is 13.0 Å². The van der Waals surface area contributed by atoms with E-state index in [-0.39, 0.29) is 11.4 Å². The van der Waals surface area contributed by atoms with Crippen LogP contribution in [0.1, 0.15) is 18.3 Å². The van der Waals surface area contributed by atoms with Gasteiger partial charge in [-0.1, -0.05) is 11.8 Å². The highest BCUT2D eigenvalue weighted by Crippen LogP contribution is 2.16. The summed E-state index contributed by atoms with van der Waals surface area (Å²) in [5, 5.41) is 2.79. The zero-order valence-electron chi connectivity index (χ0n) is 14.4. The molecule has 0 unspecified atom stereocenters. The van der Waals surface area contributed by atoms with Gasteiger partial charge in [0.15, 0.2) is 22.9 Å². The number of hydrogen-bond acceptors (Lipinski definition) is 6. The number of nitrogens with zero attached hydrogens (tertiary/aromatic N) is 2. The van der Waals surface area contributed by atoms with Crippen molar-refractivity contribution in [1.82, 2.24) is 9.97 Å². The number of benzene rings is 1. The Bertz CT molecular complexity index is 813. The fraction of sp³-hybridized carbons (Fsp3) is 0.294. The zero-order chi connectivity index (χ0) is 19.3. The Kier molecular flexibility index (Phi) is 6.62. The summed E-state index contributed by atoms with van der Waals surface area (Å²) in [6, 6.07) is 4.75. The molecule has 9 heteroatoms. The van der Waals surface area contributed by atoms with Crippen molar-refractivity contribution in [3.63, 3.8) is 0 Å². The van der Waals surface area contributed by atoms with Gasteiger partial charge in [-0.15, -0.1) is 0 Å². The number of halogens is 2. The van der Waals surface area contributed by atoms with Crippen LogP contribution in [0.3, 0.4) is 0 Å². The second kappa shape index (κ2) is 8.70. The van der Waals surface area contributed by atoms with Gasteiger partial charge in [0.1, 0.15) is 0 Å². The van der Waals surface area contributed by atoms with Crippen LogP contribution in [0.2, 0.25) is 0 Å². The van der Waals surface area contributed by atoms with Crippen LogP contribution in [0.15, 0.2) is 29.4 Å². The molecule has 138 valence electrons. The Hall–Kier alpha value is -2.55. The number of aromatic nitrogens is 2. The second-order valence-corrected chi connectivity index (χ2v) is 6.41. The highest BCUT2D eigenvalue weighted by Gasteiger charge is 2.19. The van der Waals surface area contributed by atoms with Gasteiger partial charge in [-0.25, -0.2) is 18.7 Å². The number of nitrogens with one attached hydrogen (secondary N) is 1. The molecule has 1 amide bonds. The predicted octanol–water partition coefficient (Wildman–Crippen LogP) is 3.03. The monoisotopic (exact) mass is 381 g/mol. The number of hydrogen-bond donors (Lipinski definition) is 1. The van der Waals surface area contributed by atoms with Gasteiger partial charge >= 0.3 is 5.97 Å². The molecule has 0 aliphatic heterocycles. The van der Waals surface area contributed by atoms with E-state index in [0.717, 1.165) is 35.3 Å². The molecule has 0 bridgehead atoms. The van der Waals surface area contributed by atoms with Crippen LogP contribution in [0.25, 0.3) is 0 Å². The third kappa shape index (κ3) is 5.76. The van der Waals surface area contributed by atoms with Gasteiger partial charge in [0.2, 0.25) is 0 Å². The smallest absolute Gasteiger partial charge is 0.317 e. The first-order valence-electron chi connectivity index (χ1n) is 7.65. The third-order valence-electron chi connectivity index (χ3n) is 3.15. The van der Waals surface area contributed by atoms with Gasteiger partial charge in [0, 0.05) is 23.1 Å². The Morgan fingerprint density at radius 2 is 1.81 bits per heavy atom. The van der Waals surface area contributed by atoms with Gasteiger partial charge < -0.3 is 10.1 Å². The summed E-state index contributed by atoms with van der Waals surface area (Å²) >= 11 is 1.10. The number of carbonyl (C=O) groups is 2. The largest absolute Gasteiger partial charge is 0.452 e. The van der Waals surface area contributed by atoms with Gasteiger partial charge in [-0.05, 0) is 39.0 Å². The van der Waals surface area contributed by atoms with Crippen molar-refractivity contribution in [2.45, 2.75) is 32.0 Å². The molecule has 2 aromatic rings. The molecule has 0 aliphatic rings. The molecule has 1 aromatic heterocycles. The fourth-order valence-electron chi connectivity index (χ4n) is 1.98. The summed E-state index contributed by atoms with van der Waals surface area (Å²) in [5.41, 5.74) is 1.63. The number of anilines is 1. The minimum Gasteiger partial charge on any atom is -0.452 e. The van der Waals surface area contributed by atoms with E-state index in [2.05, 4.69) is 15.3 Å². The molecule has 1 N–H and O–H groups in total. The molecule has 1 heterocycles. The number of ether oxygens (including phenoxy) is 1. The van der Waals surface area contributed by atoms with E-state index in [9.17, 15) is 18.4 Å². The van der Waals surface area contributed by atoms with Gasteiger partial charge in [-0.3, -0.25) is 9.59 Å². The normalized spacial score (nSPS) is 11.7. The zero-order valence-corrected chi connectivity index (χ0v) is 15.2. The number of rotatable bonds is 6. The number of amides is 1. The Morgan fingerprint density at radius 1 is 1.15 bits per heavy atom. The molecule has 0 fully saturated rings. The fourth-order valence-corrected chi connectivity index (χ4v) is 2.72. The summed E-state index contributed by atoms with van der Waals surface area (Å²) in [6.45, 7) is 5.02. The summed E-state index contributed by atoms with van der Waals surface area (Å²) in [4.78, 5) is 32.2. The van der Waals surface area contributed by atoms with Crippen molar-refractivity contribution < 1.29 is 23.1 Å². The van der Waals surface area contributed by atoms with E-state index < -0.39 is 29.6 Å². The van der Waals surface area contributed by atoms with Gasteiger partial charge in [-0.2, -0.15) is 0 Å². The van der Waals surface area contributed by atoms with E-state index in [1.54, 1.807) is 0 Å². The van der Waals surface area contributed by atoms with Crippen molar-refractivity contribution in [2.24, 2.45) is 0 Å². The van der Waals surface area contributed by atoms with Crippen molar-refractivity contribution >= 4 is 29.3 Å². The molecule has 0 saturated heterocycles. The van der Waals surface area contributed by atoms with Crippen LogP contribution in [0.5, 0.6) is 0 Å². The lowest BCUT2D eigenvalue weighted by Gasteiger charge is -2.13. The van der Waals surface area contributed by atoms with Crippen molar-refractivity contribution in [2.75, 3.05) is 11.1 Å². The predicted molar refractivity (Wildman–Crippen MR) is 92.8 cm³/mol. The molecular weight excluding hydrogens is 364 g/mol. The number of carbonyl (C=O) groups excluding carboxylic acids is 2. The molecule has 0 spiro atoms. The first-order chi connectivity index (χ1) is 12.2. The Balaban J connectivity index is 1.85. The minimum absolute atomic E-state index is 0.0638. The average Bonchev–Trinajstić information content (AvgIpc) is 2.55. The first-order valence-corrected chi connectivity index (χ1v) is 8.63. The lowest BCUT2D eigenvalue weighted by Crippen LogP contribution is -2.30. The standard InChI is InChI=1S/C17H17F2N3O3S/c1-9-6-10(2)21-17(20-9)26-8-15(23)25-11(3)16(24)22-12-4-5-13(18)14(19)7-12/h4-7,11H,8H2,1-3H3,(H,22,24)/t11-/m0/s1. The molecule has 2 rings (SSSR count). The molecule has 6 nitrogen and oxygen atoms in total. The summed E-state index contributed by atoms with van der Waals surface area (Å²) in [7, 11) is 0. The highest BCUT2D eigenvalue weighted by atomic mass is 32.2. The maximum atomic E-state index is 13.1. The molecule has 1 aromatic carbocycles. The molecule has 26 heavy (non-hydrogen) atoms. The lowest BCUT2D eigenvalue weighted by atomic mass is 10.3. The van der Waals surface area contributed by atoms with Crippen molar-refractivity contribution in [3.8, 4) is 0 Å². The van der Waals surface area contributed by atoms with Crippen LogP contribution >= 0.6 is 11.8 Å². The van der Waals surface area contributed by atoms with E-state index in [4.69, 9.17) is 4.74 Å². The topological polar surface area (TPSA) is 81.2 Å². The number of thioether (sulfide) groups is 1. The quantitative estimate of drug-likeness (QED) is 0.471. The van der Waals surface area contributed by atoms with Gasteiger partial charge in [0.05, 0.1) is 5.75 Å².